The summed E-state index contributed by atoms with van der Waals surface area (Å²) >= 11 is 0. The van der Waals surface area contributed by atoms with Gasteiger partial charge in [-0.3, -0.25) is 4.79 Å². The monoisotopic (exact) mass is 407 g/mol. The number of aromatic nitrogens is 1. The van der Waals surface area contributed by atoms with Crippen molar-refractivity contribution in [3.63, 3.8) is 0 Å². The molecule has 0 unspecified atom stereocenters. The lowest BCUT2D eigenvalue weighted by molar-refractivity contribution is 0.0736. The van der Waals surface area contributed by atoms with Crippen LogP contribution in [0, 0.1) is 0 Å². The third-order valence-electron chi connectivity index (χ3n) is 5.17. The molecule has 7 nitrogen and oxygen atoms in total. The molecule has 30 heavy (non-hydrogen) atoms. The highest BCUT2D eigenvalue weighted by atomic mass is 16.5. The van der Waals surface area contributed by atoms with Gasteiger partial charge in [0.1, 0.15) is 11.5 Å². The van der Waals surface area contributed by atoms with Crippen LogP contribution >= 0.6 is 0 Å². The first kappa shape index (κ1) is 19.8. The quantitative estimate of drug-likeness (QED) is 0.621. The fraction of sp³-hybridized carbons (Fsp3) is 0.304. The van der Waals surface area contributed by atoms with E-state index < -0.39 is 0 Å². The Kier molecular flexibility index (Phi) is 5.88. The van der Waals surface area contributed by atoms with E-state index in [4.69, 9.17) is 14.0 Å². The number of para-hydroxylation sites is 2. The molecule has 0 saturated carbocycles. The van der Waals surface area contributed by atoms with E-state index >= 15 is 0 Å². The predicted molar refractivity (Wildman–Crippen MR) is 114 cm³/mol. The molecule has 1 amide bonds. The van der Waals surface area contributed by atoms with Crippen LogP contribution in [0.1, 0.15) is 17.4 Å². The first-order chi connectivity index (χ1) is 14.7. The van der Waals surface area contributed by atoms with Gasteiger partial charge in [0, 0.05) is 37.8 Å². The third kappa shape index (κ3) is 4.10. The van der Waals surface area contributed by atoms with Crippen LogP contribution in [-0.2, 0) is 0 Å². The summed E-state index contributed by atoms with van der Waals surface area (Å²) in [5.41, 5.74) is 2.22. The van der Waals surface area contributed by atoms with Crippen LogP contribution < -0.4 is 14.4 Å². The summed E-state index contributed by atoms with van der Waals surface area (Å²) in [6.07, 6.45) is 0. The van der Waals surface area contributed by atoms with E-state index in [1.165, 1.54) is 0 Å². The van der Waals surface area contributed by atoms with Gasteiger partial charge in [-0.1, -0.05) is 17.3 Å². The smallest absolute Gasteiger partial charge is 0.276 e. The molecule has 1 aliphatic heterocycles. The molecule has 2 heterocycles. The Morgan fingerprint density at radius 3 is 2.50 bits per heavy atom. The highest BCUT2D eigenvalue weighted by Gasteiger charge is 2.26. The van der Waals surface area contributed by atoms with Gasteiger partial charge in [0.15, 0.2) is 11.5 Å². The Hall–Kier alpha value is -3.48. The summed E-state index contributed by atoms with van der Waals surface area (Å²) in [7, 11) is 1.67. The lowest BCUT2D eigenvalue weighted by Gasteiger charge is -2.36. The van der Waals surface area contributed by atoms with Crippen molar-refractivity contribution < 1.29 is 18.8 Å². The summed E-state index contributed by atoms with van der Waals surface area (Å²) in [5, 5.41) is 4.00. The molecule has 0 aliphatic carbocycles. The third-order valence-corrected chi connectivity index (χ3v) is 5.17. The molecule has 1 fully saturated rings. The normalized spacial score (nSPS) is 13.9. The minimum atomic E-state index is -0.115. The van der Waals surface area contributed by atoms with Crippen molar-refractivity contribution in [3.8, 4) is 22.8 Å². The Labute approximate surface area is 175 Å². The van der Waals surface area contributed by atoms with Crippen LogP contribution in [0.5, 0.6) is 11.5 Å². The number of benzene rings is 2. The molecule has 0 N–H and O–H groups in total. The van der Waals surface area contributed by atoms with Crippen molar-refractivity contribution in [1.29, 1.82) is 0 Å². The SMILES string of the molecule is CCOc1ccc(-c2cc(C(=O)N3CCN(c4ccccc4OC)CC3)no2)cc1. The van der Waals surface area contributed by atoms with Crippen LogP contribution in [0.2, 0.25) is 0 Å². The average Bonchev–Trinajstić information content (AvgIpc) is 3.30. The Morgan fingerprint density at radius 2 is 1.80 bits per heavy atom. The van der Waals surface area contributed by atoms with Gasteiger partial charge in [0.25, 0.3) is 5.91 Å². The number of ether oxygens (including phenoxy) is 2. The number of hydrogen-bond donors (Lipinski definition) is 0. The van der Waals surface area contributed by atoms with Crippen molar-refractivity contribution in [1.82, 2.24) is 10.1 Å². The minimum Gasteiger partial charge on any atom is -0.495 e. The van der Waals surface area contributed by atoms with Crippen molar-refractivity contribution in [2.75, 3.05) is 44.8 Å². The number of anilines is 1. The Morgan fingerprint density at radius 1 is 1.07 bits per heavy atom. The van der Waals surface area contributed by atoms with Crippen LogP contribution in [0.15, 0.2) is 59.1 Å². The number of piperazine rings is 1. The first-order valence-electron chi connectivity index (χ1n) is 10.1. The maximum Gasteiger partial charge on any atom is 0.276 e. The van der Waals surface area contributed by atoms with Crippen molar-refractivity contribution in [2.24, 2.45) is 0 Å². The number of methoxy groups -OCH3 is 1. The second kappa shape index (κ2) is 8.90. The highest BCUT2D eigenvalue weighted by Crippen LogP contribution is 2.29. The van der Waals surface area contributed by atoms with Gasteiger partial charge in [-0.05, 0) is 43.3 Å². The maximum atomic E-state index is 12.9. The molecule has 0 spiro atoms. The van der Waals surface area contributed by atoms with Crippen LogP contribution in [0.25, 0.3) is 11.3 Å². The molecule has 2 aromatic carbocycles. The number of amides is 1. The summed E-state index contributed by atoms with van der Waals surface area (Å²) in [6.45, 7) is 5.25. The lowest BCUT2D eigenvalue weighted by Crippen LogP contribution is -2.49. The zero-order valence-corrected chi connectivity index (χ0v) is 17.2. The van der Waals surface area contributed by atoms with Gasteiger partial charge in [-0.15, -0.1) is 0 Å². The summed E-state index contributed by atoms with van der Waals surface area (Å²) < 4.78 is 16.3. The molecular weight excluding hydrogens is 382 g/mol. The van der Waals surface area contributed by atoms with E-state index in [-0.39, 0.29) is 5.91 Å². The summed E-state index contributed by atoms with van der Waals surface area (Å²) in [4.78, 5) is 16.9. The molecule has 0 atom stereocenters. The van der Waals surface area contributed by atoms with Gasteiger partial charge < -0.3 is 23.8 Å². The standard InChI is InChI=1S/C23H25N3O4/c1-3-29-18-10-8-17(9-11-18)22-16-19(24-30-22)23(27)26-14-12-25(13-15-26)20-6-4-5-7-21(20)28-2/h4-11,16H,3,12-15H2,1-2H3. The van der Waals surface area contributed by atoms with Gasteiger partial charge in [0.05, 0.1) is 19.4 Å². The summed E-state index contributed by atoms with van der Waals surface area (Å²) in [6, 6.07) is 17.2. The molecule has 1 aromatic heterocycles. The van der Waals surface area contributed by atoms with Gasteiger partial charge in [-0.2, -0.15) is 0 Å². The van der Waals surface area contributed by atoms with Crippen LogP contribution in [0.3, 0.4) is 0 Å². The van der Waals surface area contributed by atoms with E-state index in [1.54, 1.807) is 13.2 Å². The van der Waals surface area contributed by atoms with E-state index in [0.29, 0.717) is 31.2 Å². The average molecular weight is 407 g/mol. The van der Waals surface area contributed by atoms with Gasteiger partial charge >= 0.3 is 0 Å². The predicted octanol–water partition coefficient (Wildman–Crippen LogP) is 3.71. The van der Waals surface area contributed by atoms with Crippen LogP contribution in [-0.4, -0.2) is 55.9 Å². The molecule has 0 bridgehead atoms. The molecule has 7 heteroatoms. The topological polar surface area (TPSA) is 68.0 Å². The zero-order valence-electron chi connectivity index (χ0n) is 17.2. The largest absolute Gasteiger partial charge is 0.495 e. The molecule has 3 aromatic rings. The first-order valence-corrected chi connectivity index (χ1v) is 10.1. The fourth-order valence-corrected chi connectivity index (χ4v) is 3.60. The van der Waals surface area contributed by atoms with Gasteiger partial charge in [-0.25, -0.2) is 0 Å². The molecular formula is C23H25N3O4. The van der Waals surface area contributed by atoms with Crippen molar-refractivity contribution in [2.45, 2.75) is 6.92 Å². The number of carbonyl (C=O) groups is 1. The second-order valence-electron chi connectivity index (χ2n) is 6.98. The number of carbonyl (C=O) groups excluding carboxylic acids is 1. The lowest BCUT2D eigenvalue weighted by atomic mass is 10.1. The number of hydrogen-bond acceptors (Lipinski definition) is 6. The molecule has 4 rings (SSSR count). The van der Waals surface area contributed by atoms with Crippen molar-refractivity contribution in [3.05, 3.63) is 60.3 Å². The zero-order chi connectivity index (χ0) is 20.9. The number of rotatable bonds is 6. The fourth-order valence-electron chi connectivity index (χ4n) is 3.60. The molecule has 1 aliphatic rings. The van der Waals surface area contributed by atoms with E-state index in [0.717, 1.165) is 35.8 Å². The molecule has 1 saturated heterocycles. The molecule has 156 valence electrons. The van der Waals surface area contributed by atoms with E-state index in [9.17, 15) is 4.79 Å². The van der Waals surface area contributed by atoms with Gasteiger partial charge in [0.2, 0.25) is 0 Å². The van der Waals surface area contributed by atoms with E-state index in [1.807, 2.05) is 60.4 Å². The second-order valence-corrected chi connectivity index (χ2v) is 6.98. The minimum absolute atomic E-state index is 0.115. The van der Waals surface area contributed by atoms with Crippen molar-refractivity contribution >= 4 is 11.6 Å². The number of nitrogens with zero attached hydrogens (tertiary/aromatic N) is 3. The van der Waals surface area contributed by atoms with Crippen LogP contribution in [0.4, 0.5) is 5.69 Å². The Bertz CT molecular complexity index is 992. The highest BCUT2D eigenvalue weighted by molar-refractivity contribution is 5.93. The Balaban J connectivity index is 1.40. The maximum absolute atomic E-state index is 12.9. The van der Waals surface area contributed by atoms with E-state index in [2.05, 4.69) is 10.1 Å². The molecule has 0 radical (unpaired) electrons. The summed E-state index contributed by atoms with van der Waals surface area (Å²) in [5.74, 6) is 2.09.